The lowest BCUT2D eigenvalue weighted by Crippen LogP contribution is -1.91. The van der Waals surface area contributed by atoms with Crippen molar-refractivity contribution >= 4 is 34.5 Å². The molecule has 0 unspecified atom stereocenters. The first kappa shape index (κ1) is 10.0. The van der Waals surface area contributed by atoms with Crippen molar-refractivity contribution in [2.45, 2.75) is 6.92 Å². The van der Waals surface area contributed by atoms with Crippen LogP contribution in [0.5, 0.6) is 0 Å². The molecular formula is C9H8Cl2N2S. The Morgan fingerprint density at radius 2 is 2.07 bits per heavy atom. The maximum absolute atomic E-state index is 6.14. The third-order valence-electron chi connectivity index (χ3n) is 2.07. The van der Waals surface area contributed by atoms with Gasteiger partial charge in [0.1, 0.15) is 5.69 Å². The molecular weight excluding hydrogens is 239 g/mol. The number of thiophene rings is 1. The van der Waals surface area contributed by atoms with Crippen molar-refractivity contribution in [1.82, 2.24) is 9.78 Å². The Hall–Kier alpha value is -0.510. The molecule has 0 saturated carbocycles. The van der Waals surface area contributed by atoms with Crippen molar-refractivity contribution in [1.29, 1.82) is 0 Å². The summed E-state index contributed by atoms with van der Waals surface area (Å²) in [6, 6.07) is 3.78. The van der Waals surface area contributed by atoms with Gasteiger partial charge in [0.05, 0.1) is 19.9 Å². The van der Waals surface area contributed by atoms with Crippen LogP contribution < -0.4 is 0 Å². The van der Waals surface area contributed by atoms with Gasteiger partial charge in [-0.1, -0.05) is 23.2 Å². The van der Waals surface area contributed by atoms with Crippen molar-refractivity contribution in [3.05, 3.63) is 27.2 Å². The molecule has 2 nitrogen and oxygen atoms in total. The Kier molecular flexibility index (Phi) is 2.56. The molecule has 2 heterocycles. The fraction of sp³-hybridized carbons (Fsp3) is 0.222. The standard InChI is InChI=1S/C9H8Cl2N2S/c1-5-8(11)9(12-13(5)2)6-3-4-7(10)14-6/h3-4H,1-2H3. The molecule has 2 aromatic rings. The lowest BCUT2D eigenvalue weighted by molar-refractivity contribution is 0.743. The second-order valence-corrected chi connectivity index (χ2v) is 5.07. The number of hydrogen-bond donors (Lipinski definition) is 0. The van der Waals surface area contributed by atoms with Crippen molar-refractivity contribution in [2.24, 2.45) is 7.05 Å². The van der Waals surface area contributed by atoms with Gasteiger partial charge in [-0.2, -0.15) is 5.10 Å². The van der Waals surface area contributed by atoms with E-state index in [1.54, 1.807) is 4.68 Å². The number of halogens is 2. The predicted octanol–water partition coefficient (Wildman–Crippen LogP) is 3.76. The summed E-state index contributed by atoms with van der Waals surface area (Å²) in [4.78, 5) is 1.00. The second-order valence-electron chi connectivity index (χ2n) is 2.98. The van der Waals surface area contributed by atoms with Gasteiger partial charge in [-0.05, 0) is 19.1 Å². The normalized spacial score (nSPS) is 10.9. The highest BCUT2D eigenvalue weighted by Crippen LogP contribution is 2.35. The predicted molar refractivity (Wildman–Crippen MR) is 61.3 cm³/mol. The molecule has 0 aliphatic rings. The Morgan fingerprint density at radius 3 is 2.50 bits per heavy atom. The van der Waals surface area contributed by atoms with Gasteiger partial charge in [0.15, 0.2) is 0 Å². The van der Waals surface area contributed by atoms with Crippen LogP contribution >= 0.6 is 34.5 Å². The monoisotopic (exact) mass is 246 g/mol. The first-order valence-corrected chi connectivity index (χ1v) is 5.61. The van der Waals surface area contributed by atoms with Crippen molar-refractivity contribution in [3.63, 3.8) is 0 Å². The molecule has 14 heavy (non-hydrogen) atoms. The first-order chi connectivity index (χ1) is 6.59. The van der Waals surface area contributed by atoms with Gasteiger partial charge < -0.3 is 0 Å². The third-order valence-corrected chi connectivity index (χ3v) is 3.76. The van der Waals surface area contributed by atoms with Crippen LogP contribution in [0.2, 0.25) is 9.36 Å². The number of rotatable bonds is 1. The highest BCUT2D eigenvalue weighted by atomic mass is 35.5. The van der Waals surface area contributed by atoms with Crippen molar-refractivity contribution in [2.75, 3.05) is 0 Å². The van der Waals surface area contributed by atoms with E-state index in [1.165, 1.54) is 11.3 Å². The number of nitrogens with zero attached hydrogens (tertiary/aromatic N) is 2. The topological polar surface area (TPSA) is 17.8 Å². The van der Waals surface area contributed by atoms with E-state index in [-0.39, 0.29) is 0 Å². The Bertz CT molecular complexity index is 473. The fourth-order valence-electron chi connectivity index (χ4n) is 1.18. The summed E-state index contributed by atoms with van der Waals surface area (Å²) >= 11 is 13.5. The summed E-state index contributed by atoms with van der Waals surface area (Å²) in [5.74, 6) is 0. The van der Waals surface area contributed by atoms with E-state index in [9.17, 15) is 0 Å². The molecule has 0 fully saturated rings. The molecule has 0 radical (unpaired) electrons. The molecule has 0 N–H and O–H groups in total. The van der Waals surface area contributed by atoms with Crippen LogP contribution in [0.15, 0.2) is 12.1 Å². The van der Waals surface area contributed by atoms with Crippen LogP contribution in [0.3, 0.4) is 0 Å². The summed E-state index contributed by atoms with van der Waals surface area (Å²) < 4.78 is 2.52. The smallest absolute Gasteiger partial charge is 0.121 e. The zero-order chi connectivity index (χ0) is 10.3. The largest absolute Gasteiger partial charge is 0.271 e. The summed E-state index contributed by atoms with van der Waals surface area (Å²) in [7, 11) is 1.87. The third kappa shape index (κ3) is 1.56. The highest BCUT2D eigenvalue weighted by molar-refractivity contribution is 7.19. The molecule has 0 aliphatic carbocycles. The highest BCUT2D eigenvalue weighted by Gasteiger charge is 2.13. The van der Waals surface area contributed by atoms with E-state index in [0.717, 1.165) is 20.6 Å². The average Bonchev–Trinajstić information content (AvgIpc) is 2.66. The Labute approximate surface area is 96.1 Å². The van der Waals surface area contributed by atoms with E-state index in [4.69, 9.17) is 23.2 Å². The molecule has 0 bridgehead atoms. The average molecular weight is 247 g/mol. The van der Waals surface area contributed by atoms with Crippen molar-refractivity contribution in [3.8, 4) is 10.6 Å². The Balaban J connectivity index is 2.57. The molecule has 0 amide bonds. The molecule has 0 aromatic carbocycles. The number of aryl methyl sites for hydroxylation is 1. The van der Waals surface area contributed by atoms with E-state index in [0.29, 0.717) is 5.02 Å². The van der Waals surface area contributed by atoms with Crippen LogP contribution in [0.25, 0.3) is 10.6 Å². The molecule has 74 valence electrons. The zero-order valence-electron chi connectivity index (χ0n) is 7.71. The molecule has 2 aromatic heterocycles. The van der Waals surface area contributed by atoms with Gasteiger partial charge in [0.25, 0.3) is 0 Å². The van der Waals surface area contributed by atoms with Crippen LogP contribution in [0, 0.1) is 6.92 Å². The lowest BCUT2D eigenvalue weighted by Gasteiger charge is -1.89. The van der Waals surface area contributed by atoms with Gasteiger partial charge in [-0.15, -0.1) is 11.3 Å². The molecule has 0 spiro atoms. The lowest BCUT2D eigenvalue weighted by atomic mass is 10.3. The summed E-state index contributed by atoms with van der Waals surface area (Å²) in [5, 5.41) is 5.03. The van der Waals surface area contributed by atoms with Crippen LogP contribution in [0.1, 0.15) is 5.69 Å². The zero-order valence-corrected chi connectivity index (χ0v) is 10.0. The van der Waals surface area contributed by atoms with E-state index < -0.39 is 0 Å². The minimum Gasteiger partial charge on any atom is -0.271 e. The molecule has 2 rings (SSSR count). The summed E-state index contributed by atoms with van der Waals surface area (Å²) in [5.41, 5.74) is 1.77. The van der Waals surface area contributed by atoms with E-state index in [2.05, 4.69) is 5.10 Å². The quantitative estimate of drug-likeness (QED) is 0.750. The number of hydrogen-bond acceptors (Lipinski definition) is 2. The van der Waals surface area contributed by atoms with Crippen molar-refractivity contribution < 1.29 is 0 Å². The molecule has 0 atom stereocenters. The molecule has 5 heteroatoms. The minimum atomic E-state index is 0.700. The minimum absolute atomic E-state index is 0.700. The fourth-order valence-corrected chi connectivity index (χ4v) is 2.53. The molecule has 0 aliphatic heterocycles. The molecule has 0 saturated heterocycles. The van der Waals surface area contributed by atoms with Gasteiger partial charge in [0, 0.05) is 7.05 Å². The van der Waals surface area contributed by atoms with Gasteiger partial charge >= 0.3 is 0 Å². The van der Waals surface area contributed by atoms with Gasteiger partial charge in [-0.3, -0.25) is 4.68 Å². The van der Waals surface area contributed by atoms with E-state index >= 15 is 0 Å². The van der Waals surface area contributed by atoms with Crippen LogP contribution in [-0.2, 0) is 7.05 Å². The van der Waals surface area contributed by atoms with Gasteiger partial charge in [0.2, 0.25) is 0 Å². The van der Waals surface area contributed by atoms with E-state index in [1.807, 2.05) is 26.1 Å². The maximum atomic E-state index is 6.14. The van der Waals surface area contributed by atoms with Crippen LogP contribution in [0.4, 0.5) is 0 Å². The SMILES string of the molecule is Cc1c(Cl)c(-c2ccc(Cl)s2)nn1C. The van der Waals surface area contributed by atoms with Gasteiger partial charge in [-0.25, -0.2) is 0 Å². The van der Waals surface area contributed by atoms with Crippen LogP contribution in [-0.4, -0.2) is 9.78 Å². The Morgan fingerprint density at radius 1 is 1.36 bits per heavy atom. The first-order valence-electron chi connectivity index (χ1n) is 4.04. The maximum Gasteiger partial charge on any atom is 0.121 e. The second kappa shape index (κ2) is 3.57. The summed E-state index contributed by atoms with van der Waals surface area (Å²) in [6.07, 6.45) is 0. The summed E-state index contributed by atoms with van der Waals surface area (Å²) in [6.45, 7) is 1.94. The number of aromatic nitrogens is 2.